The molecule has 0 aliphatic heterocycles. The van der Waals surface area contributed by atoms with Crippen LogP contribution in [-0.2, 0) is 6.61 Å². The Morgan fingerprint density at radius 3 is 2.29 bits per heavy atom. The van der Waals surface area contributed by atoms with Crippen molar-refractivity contribution < 1.29 is 19.0 Å². The molecule has 162 valence electrons. The van der Waals surface area contributed by atoms with Crippen LogP contribution in [0.3, 0.4) is 0 Å². The molecule has 1 N–H and O–H groups in total. The summed E-state index contributed by atoms with van der Waals surface area (Å²) in [6, 6.07) is 20.0. The van der Waals surface area contributed by atoms with Gasteiger partial charge in [-0.25, -0.2) is 0 Å². The monoisotopic (exact) mass is 439 g/mol. The summed E-state index contributed by atoms with van der Waals surface area (Å²) in [6.07, 6.45) is 0. The molecule has 0 saturated heterocycles. The number of methoxy groups -OCH3 is 1. The highest BCUT2D eigenvalue weighted by Gasteiger charge is 2.14. The Bertz CT molecular complexity index is 1000. The van der Waals surface area contributed by atoms with Crippen molar-refractivity contribution in [3.05, 3.63) is 88.4 Å². The van der Waals surface area contributed by atoms with Crippen LogP contribution in [0, 0.1) is 0 Å². The van der Waals surface area contributed by atoms with Gasteiger partial charge in [-0.15, -0.1) is 0 Å². The number of amides is 1. The van der Waals surface area contributed by atoms with E-state index in [1.165, 1.54) is 0 Å². The Morgan fingerprint density at radius 2 is 1.65 bits per heavy atom. The second kappa shape index (κ2) is 10.7. The Morgan fingerprint density at radius 1 is 0.968 bits per heavy atom. The van der Waals surface area contributed by atoms with Crippen LogP contribution in [0.2, 0.25) is 5.02 Å². The van der Waals surface area contributed by atoms with E-state index in [0.29, 0.717) is 28.7 Å². The van der Waals surface area contributed by atoms with Gasteiger partial charge in [-0.1, -0.05) is 23.7 Å². The molecule has 3 rings (SSSR count). The lowest BCUT2D eigenvalue weighted by Gasteiger charge is -2.16. The zero-order valence-corrected chi connectivity index (χ0v) is 18.6. The number of benzene rings is 3. The molecule has 0 saturated carbocycles. The maximum atomic E-state index is 12.8. The minimum atomic E-state index is -0.170. The van der Waals surface area contributed by atoms with Crippen molar-refractivity contribution >= 4 is 17.5 Å². The first kappa shape index (κ1) is 22.5. The Kier molecular flexibility index (Phi) is 7.79. The number of hydrogen-bond acceptors (Lipinski definition) is 4. The van der Waals surface area contributed by atoms with Crippen molar-refractivity contribution in [2.75, 3.05) is 13.7 Å². The number of ether oxygens (including phenoxy) is 3. The molecule has 1 amide bonds. The van der Waals surface area contributed by atoms with Crippen molar-refractivity contribution in [3.8, 4) is 17.2 Å². The van der Waals surface area contributed by atoms with E-state index < -0.39 is 0 Å². The number of carbonyl (C=O) groups excluding carboxylic acids is 1. The molecule has 3 aromatic carbocycles. The van der Waals surface area contributed by atoms with Crippen LogP contribution in [0.15, 0.2) is 66.7 Å². The van der Waals surface area contributed by atoms with Gasteiger partial charge in [0.15, 0.2) is 0 Å². The van der Waals surface area contributed by atoms with Gasteiger partial charge in [-0.2, -0.15) is 0 Å². The molecule has 0 aliphatic carbocycles. The molecule has 3 aromatic rings. The SMILES string of the molecule is CCOc1ccc(C(=O)N[C@@H](C)c2ccc(Cl)cc2)cc1COc1ccc(OC)cc1. The summed E-state index contributed by atoms with van der Waals surface area (Å²) in [4.78, 5) is 12.8. The van der Waals surface area contributed by atoms with E-state index in [0.717, 1.165) is 16.9 Å². The van der Waals surface area contributed by atoms with Crippen LogP contribution in [0.25, 0.3) is 0 Å². The maximum Gasteiger partial charge on any atom is 0.251 e. The zero-order chi connectivity index (χ0) is 22.2. The standard InChI is InChI=1S/C25H26ClNO4/c1-4-30-24-14-7-19(25(28)27-17(2)18-5-8-21(26)9-6-18)15-20(24)16-31-23-12-10-22(29-3)11-13-23/h5-15,17H,4,16H2,1-3H3,(H,27,28)/t17-/m0/s1. The Balaban J connectivity index is 1.72. The number of halogens is 1. The summed E-state index contributed by atoms with van der Waals surface area (Å²) in [7, 11) is 1.62. The number of hydrogen-bond donors (Lipinski definition) is 1. The molecule has 0 fully saturated rings. The van der Waals surface area contributed by atoms with Gasteiger partial charge in [0.1, 0.15) is 23.9 Å². The zero-order valence-electron chi connectivity index (χ0n) is 17.9. The van der Waals surface area contributed by atoms with Gasteiger partial charge in [0, 0.05) is 16.1 Å². The molecule has 0 aromatic heterocycles. The molecule has 0 unspecified atom stereocenters. The topological polar surface area (TPSA) is 56.8 Å². The molecular formula is C25H26ClNO4. The Labute approximate surface area is 187 Å². The van der Waals surface area contributed by atoms with E-state index in [1.54, 1.807) is 25.3 Å². The highest BCUT2D eigenvalue weighted by atomic mass is 35.5. The van der Waals surface area contributed by atoms with Crippen molar-refractivity contribution in [1.82, 2.24) is 5.32 Å². The lowest BCUT2D eigenvalue weighted by molar-refractivity contribution is 0.0939. The van der Waals surface area contributed by atoms with E-state index in [2.05, 4.69) is 5.32 Å². The van der Waals surface area contributed by atoms with Gasteiger partial charge in [0.2, 0.25) is 0 Å². The van der Waals surface area contributed by atoms with E-state index >= 15 is 0 Å². The average molecular weight is 440 g/mol. The largest absolute Gasteiger partial charge is 0.497 e. The van der Waals surface area contributed by atoms with E-state index in [9.17, 15) is 4.79 Å². The lowest BCUT2D eigenvalue weighted by Crippen LogP contribution is -2.26. The molecule has 0 bridgehead atoms. The second-order valence-electron chi connectivity index (χ2n) is 6.97. The van der Waals surface area contributed by atoms with Crippen LogP contribution in [0.1, 0.15) is 41.4 Å². The molecule has 0 aliphatic rings. The third-order valence-electron chi connectivity index (χ3n) is 4.79. The van der Waals surface area contributed by atoms with Gasteiger partial charge in [0.25, 0.3) is 5.91 Å². The van der Waals surface area contributed by atoms with Crippen LogP contribution in [0.4, 0.5) is 0 Å². The molecular weight excluding hydrogens is 414 g/mol. The first-order chi connectivity index (χ1) is 15.0. The minimum absolute atomic E-state index is 0.157. The van der Waals surface area contributed by atoms with Crippen molar-refractivity contribution in [1.29, 1.82) is 0 Å². The van der Waals surface area contributed by atoms with E-state index in [-0.39, 0.29) is 18.6 Å². The molecule has 31 heavy (non-hydrogen) atoms. The maximum absolute atomic E-state index is 12.8. The van der Waals surface area contributed by atoms with Crippen molar-refractivity contribution in [3.63, 3.8) is 0 Å². The molecule has 0 radical (unpaired) electrons. The highest BCUT2D eigenvalue weighted by Crippen LogP contribution is 2.24. The van der Waals surface area contributed by atoms with Crippen LogP contribution in [0.5, 0.6) is 17.2 Å². The third kappa shape index (κ3) is 6.15. The normalized spacial score (nSPS) is 11.5. The molecule has 0 heterocycles. The van der Waals surface area contributed by atoms with Crippen LogP contribution < -0.4 is 19.5 Å². The summed E-state index contributed by atoms with van der Waals surface area (Å²) < 4.78 is 16.8. The fraction of sp³-hybridized carbons (Fsp3) is 0.240. The smallest absolute Gasteiger partial charge is 0.251 e. The lowest BCUT2D eigenvalue weighted by atomic mass is 10.1. The van der Waals surface area contributed by atoms with Gasteiger partial charge in [0.05, 0.1) is 19.8 Å². The summed E-state index contributed by atoms with van der Waals surface area (Å²) >= 11 is 5.95. The predicted octanol–water partition coefficient (Wildman–Crippen LogP) is 5.82. The van der Waals surface area contributed by atoms with Crippen LogP contribution in [-0.4, -0.2) is 19.6 Å². The van der Waals surface area contributed by atoms with Crippen molar-refractivity contribution in [2.45, 2.75) is 26.5 Å². The molecule has 1 atom stereocenters. The second-order valence-corrected chi connectivity index (χ2v) is 7.40. The number of nitrogens with one attached hydrogen (secondary N) is 1. The minimum Gasteiger partial charge on any atom is -0.497 e. The quantitative estimate of drug-likeness (QED) is 0.456. The average Bonchev–Trinajstić information content (AvgIpc) is 2.79. The first-order valence-corrected chi connectivity index (χ1v) is 10.5. The third-order valence-corrected chi connectivity index (χ3v) is 5.05. The van der Waals surface area contributed by atoms with Crippen molar-refractivity contribution in [2.24, 2.45) is 0 Å². The van der Waals surface area contributed by atoms with Gasteiger partial charge >= 0.3 is 0 Å². The predicted molar refractivity (Wildman–Crippen MR) is 122 cm³/mol. The molecule has 0 spiro atoms. The molecule has 5 nitrogen and oxygen atoms in total. The van der Waals surface area contributed by atoms with Gasteiger partial charge in [-0.3, -0.25) is 4.79 Å². The highest BCUT2D eigenvalue weighted by molar-refractivity contribution is 6.30. The Hall–Kier alpha value is -3.18. The van der Waals surface area contributed by atoms with E-state index in [1.807, 2.05) is 62.4 Å². The fourth-order valence-corrected chi connectivity index (χ4v) is 3.20. The summed E-state index contributed by atoms with van der Waals surface area (Å²) in [5.41, 5.74) is 2.31. The first-order valence-electron chi connectivity index (χ1n) is 10.1. The fourth-order valence-electron chi connectivity index (χ4n) is 3.08. The summed E-state index contributed by atoms with van der Waals surface area (Å²) in [5, 5.41) is 3.68. The van der Waals surface area contributed by atoms with E-state index in [4.69, 9.17) is 25.8 Å². The van der Waals surface area contributed by atoms with Gasteiger partial charge < -0.3 is 19.5 Å². The molecule has 6 heteroatoms. The van der Waals surface area contributed by atoms with Crippen LogP contribution >= 0.6 is 11.6 Å². The van der Waals surface area contributed by atoms with Gasteiger partial charge in [-0.05, 0) is 74.0 Å². The summed E-state index contributed by atoms with van der Waals surface area (Å²) in [6.45, 7) is 4.65. The summed E-state index contributed by atoms with van der Waals surface area (Å²) in [5.74, 6) is 1.99. The number of carbonyl (C=O) groups is 1. The number of rotatable bonds is 9.